The SMILES string of the molecule is Cn1c(C(=O)N2CCC[C@@](CO)(Cc3ccccc3F)C2)cc2ccccc21. The molecule has 28 heavy (non-hydrogen) atoms. The van der Waals surface area contributed by atoms with Gasteiger partial charge < -0.3 is 14.6 Å². The Bertz CT molecular complexity index is 1010. The summed E-state index contributed by atoms with van der Waals surface area (Å²) in [6, 6.07) is 16.5. The van der Waals surface area contributed by atoms with Gasteiger partial charge in [-0.25, -0.2) is 4.39 Å². The smallest absolute Gasteiger partial charge is 0.270 e. The average Bonchev–Trinajstić information content (AvgIpc) is 3.06. The van der Waals surface area contributed by atoms with Gasteiger partial charge in [0.25, 0.3) is 5.91 Å². The van der Waals surface area contributed by atoms with Crippen molar-refractivity contribution in [2.24, 2.45) is 12.5 Å². The number of rotatable bonds is 4. The zero-order valence-corrected chi connectivity index (χ0v) is 16.1. The molecule has 0 unspecified atom stereocenters. The lowest BCUT2D eigenvalue weighted by molar-refractivity contribution is 0.0262. The normalized spacial score (nSPS) is 19.9. The molecule has 5 heteroatoms. The molecule has 4 nitrogen and oxygen atoms in total. The minimum atomic E-state index is -0.513. The first kappa shape index (κ1) is 18.7. The van der Waals surface area contributed by atoms with E-state index in [4.69, 9.17) is 0 Å². The maximum atomic E-state index is 14.2. The van der Waals surface area contributed by atoms with Crippen LogP contribution >= 0.6 is 0 Å². The Morgan fingerprint density at radius 2 is 1.93 bits per heavy atom. The monoisotopic (exact) mass is 380 g/mol. The second kappa shape index (κ2) is 7.40. The van der Waals surface area contributed by atoms with Gasteiger partial charge in [0.15, 0.2) is 0 Å². The second-order valence-electron chi connectivity index (χ2n) is 7.90. The standard InChI is InChI=1S/C23H25FN2O2/c1-25-20-10-5-3-7-17(20)13-21(25)22(28)26-12-6-11-23(15-26,16-27)14-18-8-2-4-9-19(18)24/h2-5,7-10,13,27H,6,11-12,14-16H2,1H3/t23-/m1/s1. The van der Waals surface area contributed by atoms with Gasteiger partial charge in [-0.15, -0.1) is 0 Å². The maximum absolute atomic E-state index is 14.2. The predicted molar refractivity (Wildman–Crippen MR) is 108 cm³/mol. The van der Waals surface area contributed by atoms with Crippen LogP contribution < -0.4 is 0 Å². The number of hydrogen-bond acceptors (Lipinski definition) is 2. The highest BCUT2D eigenvalue weighted by atomic mass is 19.1. The summed E-state index contributed by atoms with van der Waals surface area (Å²) in [6.45, 7) is 1.01. The summed E-state index contributed by atoms with van der Waals surface area (Å²) < 4.78 is 16.1. The van der Waals surface area contributed by atoms with Gasteiger partial charge in [0.1, 0.15) is 11.5 Å². The average molecular weight is 380 g/mol. The fourth-order valence-electron chi connectivity index (χ4n) is 4.41. The first-order valence-electron chi connectivity index (χ1n) is 9.71. The molecule has 4 rings (SSSR count). The van der Waals surface area contributed by atoms with Crippen molar-refractivity contribution >= 4 is 16.8 Å². The van der Waals surface area contributed by atoms with Crippen molar-refractivity contribution in [3.05, 3.63) is 71.7 Å². The van der Waals surface area contributed by atoms with Crippen molar-refractivity contribution < 1.29 is 14.3 Å². The van der Waals surface area contributed by atoms with Gasteiger partial charge in [-0.05, 0) is 43.0 Å². The van der Waals surface area contributed by atoms with Crippen LogP contribution in [0.4, 0.5) is 4.39 Å². The number of likely N-dealkylation sites (tertiary alicyclic amines) is 1. The van der Waals surface area contributed by atoms with E-state index in [-0.39, 0.29) is 18.3 Å². The second-order valence-corrected chi connectivity index (χ2v) is 7.90. The summed E-state index contributed by atoms with van der Waals surface area (Å²) in [7, 11) is 1.90. The van der Waals surface area contributed by atoms with Crippen molar-refractivity contribution in [1.82, 2.24) is 9.47 Å². The molecule has 1 amide bonds. The van der Waals surface area contributed by atoms with Crippen LogP contribution in [-0.4, -0.2) is 40.2 Å². The molecule has 3 aromatic rings. The number of nitrogens with zero attached hydrogens (tertiary/aromatic N) is 2. The van der Waals surface area contributed by atoms with E-state index in [1.54, 1.807) is 12.1 Å². The molecule has 1 saturated heterocycles. The number of piperidine rings is 1. The third-order valence-corrected chi connectivity index (χ3v) is 5.98. The number of amides is 1. The molecule has 0 saturated carbocycles. The van der Waals surface area contributed by atoms with Crippen molar-refractivity contribution in [1.29, 1.82) is 0 Å². The summed E-state index contributed by atoms with van der Waals surface area (Å²) in [5.74, 6) is -0.294. The van der Waals surface area contributed by atoms with Gasteiger partial charge in [0.2, 0.25) is 0 Å². The zero-order valence-electron chi connectivity index (χ0n) is 16.1. The largest absolute Gasteiger partial charge is 0.396 e. The fourth-order valence-corrected chi connectivity index (χ4v) is 4.41. The fraction of sp³-hybridized carbons (Fsp3) is 0.348. The number of para-hydroxylation sites is 1. The number of aliphatic hydroxyl groups excluding tert-OH is 1. The maximum Gasteiger partial charge on any atom is 0.270 e. The van der Waals surface area contributed by atoms with E-state index < -0.39 is 5.41 Å². The number of halogens is 1. The molecular formula is C23H25FN2O2. The Balaban J connectivity index is 1.60. The summed E-state index contributed by atoms with van der Waals surface area (Å²) in [5, 5.41) is 11.2. The Morgan fingerprint density at radius 3 is 2.68 bits per heavy atom. The van der Waals surface area contributed by atoms with Gasteiger partial charge in [0.05, 0.1) is 6.61 Å². The molecule has 2 heterocycles. The minimum absolute atomic E-state index is 0.0373. The van der Waals surface area contributed by atoms with E-state index in [0.717, 1.165) is 23.7 Å². The van der Waals surface area contributed by atoms with Gasteiger partial charge >= 0.3 is 0 Å². The zero-order chi connectivity index (χ0) is 19.7. The molecule has 1 N–H and O–H groups in total. The first-order valence-corrected chi connectivity index (χ1v) is 9.71. The van der Waals surface area contributed by atoms with Gasteiger partial charge in [-0.2, -0.15) is 0 Å². The van der Waals surface area contributed by atoms with Crippen LogP contribution in [0, 0.1) is 11.2 Å². The molecular weight excluding hydrogens is 355 g/mol. The molecule has 0 aliphatic carbocycles. The highest BCUT2D eigenvalue weighted by Crippen LogP contribution is 2.35. The van der Waals surface area contributed by atoms with Crippen LogP contribution in [0.5, 0.6) is 0 Å². The Labute approximate surface area is 164 Å². The molecule has 0 radical (unpaired) electrons. The van der Waals surface area contributed by atoms with Gasteiger partial charge in [-0.1, -0.05) is 36.4 Å². The lowest BCUT2D eigenvalue weighted by Gasteiger charge is -2.42. The van der Waals surface area contributed by atoms with E-state index in [0.29, 0.717) is 30.8 Å². The van der Waals surface area contributed by atoms with Crippen molar-refractivity contribution in [2.75, 3.05) is 19.7 Å². The number of benzene rings is 2. The van der Waals surface area contributed by atoms with E-state index in [1.807, 2.05) is 52.9 Å². The third kappa shape index (κ3) is 3.31. The molecule has 146 valence electrons. The topological polar surface area (TPSA) is 45.5 Å². The quantitative estimate of drug-likeness (QED) is 0.749. The highest BCUT2D eigenvalue weighted by Gasteiger charge is 2.38. The Kier molecular flexibility index (Phi) is 4.94. The third-order valence-electron chi connectivity index (χ3n) is 5.98. The number of aryl methyl sites for hydroxylation is 1. The van der Waals surface area contributed by atoms with Crippen LogP contribution in [0.25, 0.3) is 10.9 Å². The summed E-state index contributed by atoms with van der Waals surface area (Å²) in [4.78, 5) is 15.1. The van der Waals surface area contributed by atoms with Crippen LogP contribution in [-0.2, 0) is 13.5 Å². The number of carbonyl (C=O) groups excluding carboxylic acids is 1. The molecule has 1 aromatic heterocycles. The van der Waals surface area contributed by atoms with Crippen LogP contribution in [0.2, 0.25) is 0 Å². The Hall–Kier alpha value is -2.66. The van der Waals surface area contributed by atoms with E-state index in [9.17, 15) is 14.3 Å². The van der Waals surface area contributed by atoms with Crippen molar-refractivity contribution in [3.8, 4) is 0 Å². The van der Waals surface area contributed by atoms with E-state index in [2.05, 4.69) is 0 Å². The molecule has 0 bridgehead atoms. The number of fused-ring (bicyclic) bond motifs is 1. The number of hydrogen-bond donors (Lipinski definition) is 1. The van der Waals surface area contributed by atoms with Gasteiger partial charge in [0, 0.05) is 36.5 Å². The Morgan fingerprint density at radius 1 is 1.18 bits per heavy atom. The molecule has 2 aromatic carbocycles. The van der Waals surface area contributed by atoms with E-state index in [1.165, 1.54) is 6.07 Å². The summed E-state index contributed by atoms with van der Waals surface area (Å²) >= 11 is 0. The number of aromatic nitrogens is 1. The molecule has 1 aliphatic rings. The van der Waals surface area contributed by atoms with Crippen LogP contribution in [0.3, 0.4) is 0 Å². The molecule has 0 spiro atoms. The number of aliphatic hydroxyl groups is 1. The van der Waals surface area contributed by atoms with E-state index >= 15 is 0 Å². The minimum Gasteiger partial charge on any atom is -0.396 e. The van der Waals surface area contributed by atoms with Crippen LogP contribution in [0.1, 0.15) is 28.9 Å². The molecule has 1 atom stereocenters. The first-order chi connectivity index (χ1) is 13.5. The van der Waals surface area contributed by atoms with Crippen molar-refractivity contribution in [2.45, 2.75) is 19.3 Å². The predicted octanol–water partition coefficient (Wildman–Crippen LogP) is 3.77. The molecule has 1 fully saturated rings. The van der Waals surface area contributed by atoms with Crippen LogP contribution in [0.15, 0.2) is 54.6 Å². The highest BCUT2D eigenvalue weighted by molar-refractivity contribution is 5.98. The summed E-state index contributed by atoms with van der Waals surface area (Å²) in [5.41, 5.74) is 1.74. The summed E-state index contributed by atoms with van der Waals surface area (Å²) in [6.07, 6.45) is 2.00. The lowest BCUT2D eigenvalue weighted by atomic mass is 9.75. The lowest BCUT2D eigenvalue weighted by Crippen LogP contribution is -2.49. The van der Waals surface area contributed by atoms with Gasteiger partial charge in [-0.3, -0.25) is 4.79 Å². The molecule has 1 aliphatic heterocycles. The van der Waals surface area contributed by atoms with Crippen molar-refractivity contribution in [3.63, 3.8) is 0 Å². The number of carbonyl (C=O) groups is 1.